The second-order valence-corrected chi connectivity index (χ2v) is 9.55. The van der Waals surface area contributed by atoms with Crippen LogP contribution in [0.3, 0.4) is 0 Å². The molecular formula is C17H18ClFIN3O2S2. The van der Waals surface area contributed by atoms with E-state index in [2.05, 4.69) is 25.9 Å². The molecule has 1 aromatic carbocycles. The van der Waals surface area contributed by atoms with E-state index in [1.807, 2.05) is 19.9 Å². The minimum absolute atomic E-state index is 0.0239. The van der Waals surface area contributed by atoms with Gasteiger partial charge in [-0.2, -0.15) is 5.26 Å². The molecule has 0 bridgehead atoms. The molecule has 0 amide bonds. The van der Waals surface area contributed by atoms with E-state index in [4.69, 9.17) is 16.9 Å². The topological polar surface area (TPSA) is 74.9 Å². The molecule has 0 saturated heterocycles. The van der Waals surface area contributed by atoms with E-state index >= 15 is 0 Å². The third-order valence-electron chi connectivity index (χ3n) is 3.98. The Bertz CT molecular complexity index is 973. The van der Waals surface area contributed by atoms with Crippen molar-refractivity contribution in [1.82, 2.24) is 3.97 Å². The molecule has 0 radical (unpaired) electrons. The van der Waals surface area contributed by atoms with E-state index in [9.17, 15) is 12.8 Å². The first kappa shape index (κ1) is 22.3. The number of nitriles is 1. The van der Waals surface area contributed by atoms with Crippen LogP contribution in [0.25, 0.3) is 0 Å². The number of halogens is 3. The number of nitrogens with one attached hydrogen (secondary N) is 1. The van der Waals surface area contributed by atoms with Crippen LogP contribution in [0.15, 0.2) is 29.3 Å². The molecule has 2 aromatic rings. The Morgan fingerprint density at radius 2 is 2.15 bits per heavy atom. The fourth-order valence-corrected chi connectivity index (χ4v) is 5.93. The van der Waals surface area contributed by atoms with Gasteiger partial charge in [-0.1, -0.05) is 13.8 Å². The zero-order valence-corrected chi connectivity index (χ0v) is 19.2. The van der Waals surface area contributed by atoms with Crippen LogP contribution in [0.5, 0.6) is 0 Å². The predicted molar refractivity (Wildman–Crippen MR) is 116 cm³/mol. The third kappa shape index (κ3) is 4.91. The molecule has 27 heavy (non-hydrogen) atoms. The highest BCUT2D eigenvalue weighted by Crippen LogP contribution is 2.36. The lowest BCUT2D eigenvalue weighted by molar-refractivity contribution is 0.596. The van der Waals surface area contributed by atoms with Crippen molar-refractivity contribution in [2.75, 3.05) is 4.72 Å². The fourth-order valence-electron chi connectivity index (χ4n) is 2.79. The number of alkyl halides is 1. The van der Waals surface area contributed by atoms with Crippen LogP contribution >= 0.6 is 41.9 Å². The van der Waals surface area contributed by atoms with E-state index in [0.29, 0.717) is 19.3 Å². The van der Waals surface area contributed by atoms with E-state index in [1.54, 1.807) is 10.2 Å². The summed E-state index contributed by atoms with van der Waals surface area (Å²) in [6.07, 6.45) is 3.38. The lowest BCUT2D eigenvalue weighted by atomic mass is 9.98. The average Bonchev–Trinajstić information content (AvgIpc) is 3.03. The number of nitrogens with zero attached hydrogens (tertiary/aromatic N) is 2. The van der Waals surface area contributed by atoms with E-state index < -0.39 is 15.8 Å². The molecule has 0 spiro atoms. The molecule has 1 heterocycles. The Morgan fingerprint density at radius 3 is 2.74 bits per heavy atom. The molecule has 0 fully saturated rings. The number of hydrogen-bond acceptors (Lipinski definition) is 4. The third-order valence-corrected chi connectivity index (χ3v) is 7.51. The molecule has 0 saturated carbocycles. The van der Waals surface area contributed by atoms with Crippen LogP contribution in [0.2, 0.25) is 0 Å². The molecule has 3 rings (SSSR count). The molecule has 1 atom stereocenters. The summed E-state index contributed by atoms with van der Waals surface area (Å²) in [4.78, 5) is 0.138. The van der Waals surface area contributed by atoms with E-state index in [1.165, 1.54) is 21.3 Å². The van der Waals surface area contributed by atoms with Crippen molar-refractivity contribution in [3.8, 4) is 6.07 Å². The quantitative estimate of drug-likeness (QED) is 0.423. The number of rotatable bonds is 4. The lowest BCUT2D eigenvalue weighted by Crippen LogP contribution is -2.19. The maximum atomic E-state index is 14.0. The summed E-state index contributed by atoms with van der Waals surface area (Å²) in [7, 11) is -2.59. The largest absolute Gasteiger partial charge is 0.285 e. The van der Waals surface area contributed by atoms with Gasteiger partial charge in [-0.15, -0.1) is 11.6 Å². The first-order valence-corrected chi connectivity index (χ1v) is 13.5. The number of anilines is 1. The molecule has 1 aliphatic carbocycles. The summed E-state index contributed by atoms with van der Waals surface area (Å²) in [6, 6.07) is 5.41. The molecule has 1 N–H and O–H groups in total. The predicted octanol–water partition coefficient (Wildman–Crippen LogP) is 5.27. The minimum Gasteiger partial charge on any atom is -0.285 e. The highest BCUT2D eigenvalue weighted by molar-refractivity contribution is 14.2. The SMILES string of the molecule is CC.N#Cc1ccc(NS(=O)(=O)c2cn(SI)c3c2CCC(Cl)C3)c(F)c1. The van der Waals surface area contributed by atoms with E-state index in [0.717, 1.165) is 17.3 Å². The molecule has 146 valence electrons. The normalized spacial score (nSPS) is 15.9. The van der Waals surface area contributed by atoms with Crippen LogP contribution in [0.1, 0.15) is 37.1 Å². The highest BCUT2D eigenvalue weighted by Gasteiger charge is 2.30. The van der Waals surface area contributed by atoms with Crippen LogP contribution in [-0.4, -0.2) is 17.8 Å². The second-order valence-electron chi connectivity index (χ2n) is 5.57. The van der Waals surface area contributed by atoms with Crippen molar-refractivity contribution in [2.24, 2.45) is 0 Å². The number of fused-ring (bicyclic) bond motifs is 1. The Morgan fingerprint density at radius 1 is 1.44 bits per heavy atom. The van der Waals surface area contributed by atoms with Gasteiger partial charge in [0, 0.05) is 54.0 Å². The number of sulfonamides is 1. The van der Waals surface area contributed by atoms with E-state index in [-0.39, 0.29) is 21.5 Å². The van der Waals surface area contributed by atoms with Gasteiger partial charge in [-0.05, 0) is 36.6 Å². The Labute approximate surface area is 180 Å². The smallest absolute Gasteiger partial charge is 0.263 e. The lowest BCUT2D eigenvalue weighted by Gasteiger charge is -2.19. The van der Waals surface area contributed by atoms with Crippen molar-refractivity contribution in [3.63, 3.8) is 0 Å². The van der Waals surface area contributed by atoms with Crippen molar-refractivity contribution in [2.45, 2.75) is 43.4 Å². The maximum Gasteiger partial charge on any atom is 0.263 e. The maximum absolute atomic E-state index is 14.0. The van der Waals surface area contributed by atoms with Crippen molar-refractivity contribution in [3.05, 3.63) is 47.0 Å². The van der Waals surface area contributed by atoms with Gasteiger partial charge in [0.2, 0.25) is 0 Å². The monoisotopic (exact) mass is 541 g/mol. The van der Waals surface area contributed by atoms with Gasteiger partial charge in [-0.25, -0.2) is 12.8 Å². The molecular weight excluding hydrogens is 524 g/mol. The standard InChI is InChI=1S/C15H12ClFIN3O2S2.C2H6/c16-10-2-3-11-14(6-10)21(24-18)8-15(11)25(22,23)20-13-4-1-9(7-19)5-12(13)17;1-2/h1,4-5,8,10,20H,2-3,6H2;1-2H3. The van der Waals surface area contributed by atoms with Crippen LogP contribution in [0.4, 0.5) is 10.1 Å². The van der Waals surface area contributed by atoms with Gasteiger partial charge >= 0.3 is 0 Å². The molecule has 5 nitrogen and oxygen atoms in total. The van der Waals surface area contributed by atoms with Gasteiger partial charge in [0.15, 0.2) is 0 Å². The molecule has 1 unspecified atom stereocenters. The summed E-state index contributed by atoms with van der Waals surface area (Å²) in [6.45, 7) is 4.00. The number of hydrogen-bond donors (Lipinski definition) is 1. The van der Waals surface area contributed by atoms with Gasteiger partial charge in [-0.3, -0.25) is 8.69 Å². The summed E-state index contributed by atoms with van der Waals surface area (Å²) in [5, 5.41) is 8.75. The highest BCUT2D eigenvalue weighted by atomic mass is 127. The van der Waals surface area contributed by atoms with Crippen LogP contribution in [0, 0.1) is 17.1 Å². The average molecular weight is 542 g/mol. The first-order valence-electron chi connectivity index (χ1n) is 8.24. The molecule has 0 aliphatic heterocycles. The number of benzene rings is 1. The zero-order valence-electron chi connectivity index (χ0n) is 14.7. The van der Waals surface area contributed by atoms with Crippen molar-refractivity contribution < 1.29 is 12.8 Å². The summed E-state index contributed by atoms with van der Waals surface area (Å²) >= 11 is 8.29. The molecule has 10 heteroatoms. The van der Waals surface area contributed by atoms with Gasteiger partial charge in [0.1, 0.15) is 10.7 Å². The van der Waals surface area contributed by atoms with Crippen molar-refractivity contribution in [1.29, 1.82) is 5.26 Å². The molecule has 1 aromatic heterocycles. The van der Waals surface area contributed by atoms with Gasteiger partial charge in [0.05, 0.1) is 17.3 Å². The Balaban J connectivity index is 0.00000126. The van der Waals surface area contributed by atoms with Gasteiger partial charge in [0.25, 0.3) is 10.0 Å². The first-order chi connectivity index (χ1) is 12.9. The van der Waals surface area contributed by atoms with Crippen LogP contribution < -0.4 is 4.72 Å². The zero-order chi connectivity index (χ0) is 20.2. The summed E-state index contributed by atoms with van der Waals surface area (Å²) in [5.74, 6) is -0.792. The fraction of sp³-hybridized carbons (Fsp3) is 0.353. The van der Waals surface area contributed by atoms with Crippen molar-refractivity contribution >= 4 is 57.6 Å². The van der Waals surface area contributed by atoms with Gasteiger partial charge < -0.3 is 0 Å². The Kier molecular flexibility index (Phi) is 7.85. The minimum atomic E-state index is -3.96. The molecule has 1 aliphatic rings. The number of aromatic nitrogens is 1. The summed E-state index contributed by atoms with van der Waals surface area (Å²) < 4.78 is 43.7. The summed E-state index contributed by atoms with van der Waals surface area (Å²) in [5.41, 5.74) is 1.54. The Hall–Kier alpha value is -0.960. The second kappa shape index (κ2) is 9.49. The van der Waals surface area contributed by atoms with Crippen LogP contribution in [-0.2, 0) is 22.9 Å².